The maximum absolute atomic E-state index is 13.4. The summed E-state index contributed by atoms with van der Waals surface area (Å²) in [5.74, 6) is 0.944. The van der Waals surface area contributed by atoms with E-state index in [2.05, 4.69) is 15.9 Å². The van der Waals surface area contributed by atoms with Crippen LogP contribution in [0.1, 0.15) is 29.6 Å². The molecular formula is C14H15BrFNO. The maximum Gasteiger partial charge on any atom is 0.253 e. The van der Waals surface area contributed by atoms with Crippen molar-refractivity contribution >= 4 is 21.8 Å². The highest BCUT2D eigenvalue weighted by molar-refractivity contribution is 9.10. The molecule has 18 heavy (non-hydrogen) atoms. The number of carbonyl (C=O) groups is 1. The minimum Gasteiger partial charge on any atom is -0.338 e. The smallest absolute Gasteiger partial charge is 0.253 e. The number of benzene rings is 1. The Morgan fingerprint density at radius 3 is 2.56 bits per heavy atom. The van der Waals surface area contributed by atoms with E-state index in [9.17, 15) is 9.18 Å². The Bertz CT molecular complexity index is 479. The van der Waals surface area contributed by atoms with Crippen molar-refractivity contribution < 1.29 is 9.18 Å². The van der Waals surface area contributed by atoms with Crippen LogP contribution in [0.4, 0.5) is 4.39 Å². The Balaban J connectivity index is 1.77. The molecule has 0 radical (unpaired) electrons. The molecule has 1 aliphatic heterocycles. The summed E-state index contributed by atoms with van der Waals surface area (Å²) in [4.78, 5) is 14.2. The Morgan fingerprint density at radius 2 is 1.94 bits per heavy atom. The van der Waals surface area contributed by atoms with Gasteiger partial charge >= 0.3 is 0 Å². The van der Waals surface area contributed by atoms with Crippen molar-refractivity contribution in [3.8, 4) is 0 Å². The molecule has 1 aliphatic carbocycles. The highest BCUT2D eigenvalue weighted by Crippen LogP contribution is 2.38. The van der Waals surface area contributed by atoms with Crippen LogP contribution in [-0.4, -0.2) is 23.9 Å². The van der Waals surface area contributed by atoms with Crippen LogP contribution in [0.15, 0.2) is 22.7 Å². The van der Waals surface area contributed by atoms with Crippen molar-refractivity contribution in [3.05, 3.63) is 34.1 Å². The molecule has 1 amide bonds. The van der Waals surface area contributed by atoms with E-state index < -0.39 is 0 Å². The molecule has 1 saturated heterocycles. The Kier molecular flexibility index (Phi) is 3.14. The van der Waals surface area contributed by atoms with Crippen LogP contribution in [0.25, 0.3) is 0 Å². The predicted molar refractivity (Wildman–Crippen MR) is 70.8 cm³/mol. The molecule has 0 aromatic heterocycles. The average molecular weight is 312 g/mol. The van der Waals surface area contributed by atoms with Crippen molar-refractivity contribution in [2.45, 2.75) is 19.3 Å². The summed E-state index contributed by atoms with van der Waals surface area (Å²) in [7, 11) is 0. The molecule has 1 aromatic rings. The molecule has 1 saturated carbocycles. The fraction of sp³-hybridized carbons (Fsp3) is 0.500. The number of rotatable bonds is 1. The van der Waals surface area contributed by atoms with Gasteiger partial charge in [-0.3, -0.25) is 4.79 Å². The summed E-state index contributed by atoms with van der Waals surface area (Å²) < 4.78 is 13.8. The summed E-state index contributed by atoms with van der Waals surface area (Å²) in [5.41, 5.74) is 0.454. The highest BCUT2D eigenvalue weighted by Gasteiger charge is 2.38. The lowest BCUT2D eigenvalue weighted by atomic mass is 10.0. The zero-order chi connectivity index (χ0) is 12.7. The summed E-state index contributed by atoms with van der Waals surface area (Å²) in [6.45, 7) is 1.70. The monoisotopic (exact) mass is 311 g/mol. The van der Waals surface area contributed by atoms with Crippen LogP contribution in [0.5, 0.6) is 0 Å². The maximum atomic E-state index is 13.4. The Hall–Kier alpha value is -0.900. The van der Waals surface area contributed by atoms with Gasteiger partial charge in [-0.05, 0) is 58.8 Å². The lowest BCUT2D eigenvalue weighted by Crippen LogP contribution is -2.29. The number of hydrogen-bond acceptors (Lipinski definition) is 1. The standard InChI is InChI=1S/C14H15BrFNO/c15-12-5-4-9(6-13(12)16)14(18)17-7-10-2-1-3-11(10)8-17/h4-6,10-11H,1-3,7-8H2. The number of nitrogens with zero attached hydrogens (tertiary/aromatic N) is 1. The largest absolute Gasteiger partial charge is 0.338 e. The molecule has 2 atom stereocenters. The number of halogens is 2. The first-order chi connectivity index (χ1) is 8.65. The number of fused-ring (bicyclic) bond motifs is 1. The second kappa shape index (κ2) is 4.65. The average Bonchev–Trinajstić information content (AvgIpc) is 2.92. The first kappa shape index (κ1) is 12.2. The van der Waals surface area contributed by atoms with Crippen LogP contribution >= 0.6 is 15.9 Å². The quantitative estimate of drug-likeness (QED) is 0.778. The van der Waals surface area contributed by atoms with Gasteiger partial charge in [-0.25, -0.2) is 4.39 Å². The van der Waals surface area contributed by atoms with Crippen molar-refractivity contribution in [2.24, 2.45) is 11.8 Å². The molecule has 2 unspecified atom stereocenters. The zero-order valence-corrected chi connectivity index (χ0v) is 11.6. The van der Waals surface area contributed by atoms with E-state index in [0.717, 1.165) is 13.1 Å². The summed E-state index contributed by atoms with van der Waals surface area (Å²) in [6.07, 6.45) is 3.77. The first-order valence-corrected chi connectivity index (χ1v) is 7.19. The molecule has 1 heterocycles. The third-order valence-corrected chi connectivity index (χ3v) is 4.82. The highest BCUT2D eigenvalue weighted by atomic mass is 79.9. The lowest BCUT2D eigenvalue weighted by Gasteiger charge is -2.17. The third kappa shape index (κ3) is 2.07. The van der Waals surface area contributed by atoms with Crippen molar-refractivity contribution in [1.82, 2.24) is 4.90 Å². The minimum absolute atomic E-state index is 0.0317. The number of likely N-dealkylation sites (tertiary alicyclic amines) is 1. The van der Waals surface area contributed by atoms with Gasteiger partial charge in [0.2, 0.25) is 0 Å². The van der Waals surface area contributed by atoms with E-state index in [1.54, 1.807) is 12.1 Å². The molecule has 0 bridgehead atoms. The van der Waals surface area contributed by atoms with Gasteiger partial charge < -0.3 is 4.90 Å². The molecule has 0 N–H and O–H groups in total. The lowest BCUT2D eigenvalue weighted by molar-refractivity contribution is 0.0780. The van der Waals surface area contributed by atoms with Crippen molar-refractivity contribution in [3.63, 3.8) is 0 Å². The summed E-state index contributed by atoms with van der Waals surface area (Å²) >= 11 is 3.10. The molecule has 2 fully saturated rings. The molecule has 3 rings (SSSR count). The SMILES string of the molecule is O=C(c1ccc(Br)c(F)c1)N1CC2CCCC2C1. The van der Waals surface area contributed by atoms with Gasteiger partial charge in [0.1, 0.15) is 5.82 Å². The molecule has 1 aromatic carbocycles. The van der Waals surface area contributed by atoms with Crippen molar-refractivity contribution in [2.75, 3.05) is 13.1 Å². The van der Waals surface area contributed by atoms with E-state index in [1.165, 1.54) is 25.3 Å². The molecule has 4 heteroatoms. The van der Waals surface area contributed by atoms with Gasteiger partial charge in [0.25, 0.3) is 5.91 Å². The normalized spacial score (nSPS) is 26.4. The Labute approximate surface area is 114 Å². The van der Waals surface area contributed by atoms with E-state index in [4.69, 9.17) is 0 Å². The van der Waals surface area contributed by atoms with Gasteiger partial charge in [0.05, 0.1) is 4.47 Å². The predicted octanol–water partition coefficient (Wildman–Crippen LogP) is 3.46. The van der Waals surface area contributed by atoms with Gasteiger partial charge in [-0.1, -0.05) is 6.42 Å². The molecular weight excluding hydrogens is 297 g/mol. The Morgan fingerprint density at radius 1 is 1.28 bits per heavy atom. The van der Waals surface area contributed by atoms with Crippen molar-refractivity contribution in [1.29, 1.82) is 0 Å². The number of hydrogen-bond donors (Lipinski definition) is 0. The number of amides is 1. The summed E-state index contributed by atoms with van der Waals surface area (Å²) in [5, 5.41) is 0. The van der Waals surface area contributed by atoms with Gasteiger partial charge in [0, 0.05) is 18.7 Å². The van der Waals surface area contributed by atoms with E-state index in [-0.39, 0.29) is 11.7 Å². The minimum atomic E-state index is -0.375. The van der Waals surface area contributed by atoms with Crippen LogP contribution < -0.4 is 0 Å². The second-order valence-electron chi connectivity index (χ2n) is 5.29. The molecule has 0 spiro atoms. The van der Waals surface area contributed by atoms with Crippen LogP contribution in [0.3, 0.4) is 0 Å². The van der Waals surface area contributed by atoms with Crippen LogP contribution in [-0.2, 0) is 0 Å². The number of carbonyl (C=O) groups excluding carboxylic acids is 1. The fourth-order valence-electron chi connectivity index (χ4n) is 3.21. The third-order valence-electron chi connectivity index (χ3n) is 4.18. The zero-order valence-electron chi connectivity index (χ0n) is 10.0. The van der Waals surface area contributed by atoms with Gasteiger partial charge in [0.15, 0.2) is 0 Å². The fourth-order valence-corrected chi connectivity index (χ4v) is 3.46. The van der Waals surface area contributed by atoms with Gasteiger partial charge in [-0.15, -0.1) is 0 Å². The van der Waals surface area contributed by atoms with Crippen LogP contribution in [0.2, 0.25) is 0 Å². The molecule has 96 valence electrons. The van der Waals surface area contributed by atoms with E-state index >= 15 is 0 Å². The molecule has 2 aliphatic rings. The molecule has 2 nitrogen and oxygen atoms in total. The van der Waals surface area contributed by atoms with E-state index in [0.29, 0.717) is 21.9 Å². The topological polar surface area (TPSA) is 20.3 Å². The van der Waals surface area contributed by atoms with Gasteiger partial charge in [-0.2, -0.15) is 0 Å². The second-order valence-corrected chi connectivity index (χ2v) is 6.14. The first-order valence-electron chi connectivity index (χ1n) is 6.39. The van der Waals surface area contributed by atoms with Crippen LogP contribution in [0, 0.1) is 17.7 Å². The van der Waals surface area contributed by atoms with E-state index in [1.807, 2.05) is 4.90 Å². The summed E-state index contributed by atoms with van der Waals surface area (Å²) in [6, 6.07) is 4.60.